The van der Waals surface area contributed by atoms with Crippen LogP contribution in [0.1, 0.15) is 37.8 Å². The molecule has 0 saturated carbocycles. The summed E-state index contributed by atoms with van der Waals surface area (Å²) in [5, 5.41) is 3.13. The van der Waals surface area contributed by atoms with Gasteiger partial charge < -0.3 is 10.1 Å². The van der Waals surface area contributed by atoms with E-state index in [0.29, 0.717) is 35.2 Å². The smallest absolute Gasteiger partial charge is 0.282 e. The number of imide groups is 1. The number of carbonyl (C=O) groups excluding carboxylic acids is 2. The Morgan fingerprint density at radius 1 is 0.939 bits per heavy atom. The Morgan fingerprint density at radius 2 is 1.64 bits per heavy atom. The van der Waals surface area contributed by atoms with E-state index >= 15 is 0 Å². The Morgan fingerprint density at radius 3 is 2.27 bits per heavy atom. The Kier molecular flexibility index (Phi) is 6.27. The molecule has 1 N–H and O–H groups in total. The number of nitrogens with zero attached hydrogens (tertiary/aromatic N) is 1. The summed E-state index contributed by atoms with van der Waals surface area (Å²) in [6, 6.07) is 20.1. The van der Waals surface area contributed by atoms with Gasteiger partial charge in [0.1, 0.15) is 17.3 Å². The zero-order valence-corrected chi connectivity index (χ0v) is 18.8. The molecule has 0 bridgehead atoms. The Balaban J connectivity index is 1.76. The number of carbonyl (C=O) groups is 2. The van der Waals surface area contributed by atoms with E-state index < -0.39 is 17.6 Å². The predicted octanol–water partition coefficient (Wildman–Crippen LogP) is 5.74. The normalized spacial score (nSPS) is 13.8. The van der Waals surface area contributed by atoms with E-state index in [2.05, 4.69) is 19.2 Å². The Bertz CT molecular complexity index is 1210. The second-order valence-electron chi connectivity index (χ2n) is 8.03. The van der Waals surface area contributed by atoms with Crippen molar-refractivity contribution in [2.45, 2.75) is 26.7 Å². The van der Waals surface area contributed by atoms with E-state index in [1.54, 1.807) is 24.3 Å². The molecule has 6 heteroatoms. The first-order valence-electron chi connectivity index (χ1n) is 10.9. The Labute approximate surface area is 192 Å². The monoisotopic (exact) mass is 444 g/mol. The van der Waals surface area contributed by atoms with Gasteiger partial charge in [-0.3, -0.25) is 9.59 Å². The van der Waals surface area contributed by atoms with Crippen LogP contribution in [0.3, 0.4) is 0 Å². The number of ether oxygens (including phenoxy) is 1. The second kappa shape index (κ2) is 9.28. The highest BCUT2D eigenvalue weighted by Gasteiger charge is 2.40. The number of nitrogens with one attached hydrogen (secondary N) is 1. The number of amides is 2. The molecule has 0 unspecified atom stereocenters. The van der Waals surface area contributed by atoms with Crippen molar-refractivity contribution < 1.29 is 18.7 Å². The van der Waals surface area contributed by atoms with Crippen LogP contribution >= 0.6 is 0 Å². The molecule has 0 saturated heterocycles. The third kappa shape index (κ3) is 4.51. The number of anilines is 2. The third-order valence-electron chi connectivity index (χ3n) is 5.45. The molecule has 1 aliphatic rings. The number of hydrogen-bond acceptors (Lipinski definition) is 4. The largest absolute Gasteiger partial charge is 0.494 e. The van der Waals surface area contributed by atoms with Gasteiger partial charge in [-0.25, -0.2) is 9.29 Å². The molecule has 0 aliphatic carbocycles. The van der Waals surface area contributed by atoms with Crippen molar-refractivity contribution in [1.29, 1.82) is 0 Å². The van der Waals surface area contributed by atoms with E-state index in [9.17, 15) is 14.0 Å². The van der Waals surface area contributed by atoms with Crippen molar-refractivity contribution in [2.24, 2.45) is 0 Å². The Hall–Kier alpha value is -3.93. The molecule has 168 valence electrons. The van der Waals surface area contributed by atoms with Gasteiger partial charge in [-0.1, -0.05) is 44.2 Å². The van der Waals surface area contributed by atoms with Gasteiger partial charge in [-0.05, 0) is 60.4 Å². The highest BCUT2D eigenvalue weighted by molar-refractivity contribution is 6.46. The third-order valence-corrected chi connectivity index (χ3v) is 5.45. The van der Waals surface area contributed by atoms with Crippen LogP contribution in [0.15, 0.2) is 78.5 Å². The number of halogens is 1. The van der Waals surface area contributed by atoms with Gasteiger partial charge >= 0.3 is 0 Å². The summed E-state index contributed by atoms with van der Waals surface area (Å²) in [6.07, 6.45) is 0. The molecule has 0 spiro atoms. The van der Waals surface area contributed by atoms with Crippen LogP contribution in [0.2, 0.25) is 0 Å². The molecule has 3 aromatic carbocycles. The lowest BCUT2D eigenvalue weighted by Crippen LogP contribution is -2.32. The summed E-state index contributed by atoms with van der Waals surface area (Å²) >= 11 is 0. The fraction of sp³-hybridized carbons (Fsp3) is 0.185. The molecule has 0 fully saturated rings. The summed E-state index contributed by atoms with van der Waals surface area (Å²) in [5.41, 5.74) is 3.04. The molecular formula is C27H25FN2O3. The average molecular weight is 445 g/mol. The van der Waals surface area contributed by atoms with Crippen molar-refractivity contribution in [3.8, 4) is 5.75 Å². The standard InChI is InChI=1S/C27H25FN2O3/c1-4-33-23-7-5-6-22(16-23)30-26(31)24(19-8-12-20(28)13-9-19)25(27(30)32)29-21-14-10-18(11-15-21)17(2)3/h5-17,29H,4H2,1-3H3. The van der Waals surface area contributed by atoms with Gasteiger partial charge in [-0.15, -0.1) is 0 Å². The van der Waals surface area contributed by atoms with Crippen molar-refractivity contribution in [1.82, 2.24) is 0 Å². The molecule has 4 rings (SSSR count). The molecule has 1 heterocycles. The van der Waals surface area contributed by atoms with Gasteiger partial charge in [-0.2, -0.15) is 0 Å². The van der Waals surface area contributed by atoms with Crippen LogP contribution < -0.4 is 15.0 Å². The second-order valence-corrected chi connectivity index (χ2v) is 8.03. The first kappa shape index (κ1) is 22.3. The fourth-order valence-corrected chi connectivity index (χ4v) is 3.74. The van der Waals surface area contributed by atoms with Crippen LogP contribution in [0, 0.1) is 5.82 Å². The lowest BCUT2D eigenvalue weighted by molar-refractivity contribution is -0.120. The predicted molar refractivity (Wildman–Crippen MR) is 128 cm³/mol. The fourth-order valence-electron chi connectivity index (χ4n) is 3.74. The summed E-state index contributed by atoms with van der Waals surface area (Å²) in [4.78, 5) is 28.1. The SMILES string of the molecule is CCOc1cccc(N2C(=O)C(Nc3ccc(C(C)C)cc3)=C(c3ccc(F)cc3)C2=O)c1. The minimum absolute atomic E-state index is 0.144. The van der Waals surface area contributed by atoms with E-state index in [4.69, 9.17) is 4.74 Å². The van der Waals surface area contributed by atoms with Crippen LogP contribution in [-0.4, -0.2) is 18.4 Å². The molecule has 2 amide bonds. The van der Waals surface area contributed by atoms with Gasteiger partial charge in [0.15, 0.2) is 0 Å². The van der Waals surface area contributed by atoms with Crippen LogP contribution in [0.25, 0.3) is 5.57 Å². The average Bonchev–Trinajstić information content (AvgIpc) is 3.04. The van der Waals surface area contributed by atoms with Crippen LogP contribution in [-0.2, 0) is 9.59 Å². The van der Waals surface area contributed by atoms with Crippen LogP contribution in [0.5, 0.6) is 5.75 Å². The quantitative estimate of drug-likeness (QED) is 0.472. The molecule has 1 aliphatic heterocycles. The zero-order chi connectivity index (χ0) is 23.5. The van der Waals surface area contributed by atoms with Gasteiger partial charge in [0.2, 0.25) is 0 Å². The highest BCUT2D eigenvalue weighted by Crippen LogP contribution is 2.35. The highest BCUT2D eigenvalue weighted by atomic mass is 19.1. The first-order valence-corrected chi connectivity index (χ1v) is 10.9. The number of hydrogen-bond donors (Lipinski definition) is 1. The molecule has 0 aromatic heterocycles. The lowest BCUT2D eigenvalue weighted by atomic mass is 10.0. The summed E-state index contributed by atoms with van der Waals surface area (Å²) in [6.45, 7) is 6.53. The number of benzene rings is 3. The topological polar surface area (TPSA) is 58.6 Å². The van der Waals surface area contributed by atoms with E-state index in [-0.39, 0.29) is 11.3 Å². The van der Waals surface area contributed by atoms with Crippen molar-refractivity contribution >= 4 is 28.8 Å². The molecule has 5 nitrogen and oxygen atoms in total. The number of rotatable bonds is 7. The van der Waals surface area contributed by atoms with E-state index in [1.807, 2.05) is 31.2 Å². The van der Waals surface area contributed by atoms with Crippen LogP contribution in [0.4, 0.5) is 15.8 Å². The minimum Gasteiger partial charge on any atom is -0.494 e. The van der Waals surface area contributed by atoms with Gasteiger partial charge in [0, 0.05) is 11.8 Å². The van der Waals surface area contributed by atoms with Gasteiger partial charge in [0.05, 0.1) is 17.9 Å². The molecule has 33 heavy (non-hydrogen) atoms. The molecular weight excluding hydrogens is 419 g/mol. The van der Waals surface area contributed by atoms with Gasteiger partial charge in [0.25, 0.3) is 11.8 Å². The molecule has 3 aromatic rings. The summed E-state index contributed by atoms with van der Waals surface area (Å²) < 4.78 is 19.1. The first-order chi connectivity index (χ1) is 15.9. The maximum absolute atomic E-state index is 13.5. The van der Waals surface area contributed by atoms with Crippen molar-refractivity contribution in [3.63, 3.8) is 0 Å². The lowest BCUT2D eigenvalue weighted by Gasteiger charge is -2.16. The van der Waals surface area contributed by atoms with E-state index in [0.717, 1.165) is 10.5 Å². The summed E-state index contributed by atoms with van der Waals surface area (Å²) in [5.74, 6) is -0.459. The zero-order valence-electron chi connectivity index (χ0n) is 18.8. The maximum atomic E-state index is 13.5. The van der Waals surface area contributed by atoms with Crippen molar-refractivity contribution in [2.75, 3.05) is 16.8 Å². The maximum Gasteiger partial charge on any atom is 0.282 e. The minimum atomic E-state index is -0.485. The summed E-state index contributed by atoms with van der Waals surface area (Å²) in [7, 11) is 0. The van der Waals surface area contributed by atoms with E-state index in [1.165, 1.54) is 24.3 Å². The van der Waals surface area contributed by atoms with Crippen molar-refractivity contribution in [3.05, 3.63) is 95.4 Å². The molecule has 0 radical (unpaired) electrons. The molecule has 0 atom stereocenters.